The zero-order valence-electron chi connectivity index (χ0n) is 17.8. The van der Waals surface area contributed by atoms with Gasteiger partial charge in [-0.2, -0.15) is 5.10 Å². The molecule has 0 fully saturated rings. The van der Waals surface area contributed by atoms with E-state index in [9.17, 15) is 4.79 Å². The van der Waals surface area contributed by atoms with Gasteiger partial charge in [0.15, 0.2) is 0 Å². The van der Waals surface area contributed by atoms with Crippen LogP contribution in [0.3, 0.4) is 0 Å². The fourth-order valence-electron chi connectivity index (χ4n) is 4.09. The van der Waals surface area contributed by atoms with Crippen LogP contribution < -0.4 is 5.32 Å². The monoisotopic (exact) mass is 411 g/mol. The molecule has 0 spiro atoms. The van der Waals surface area contributed by atoms with Gasteiger partial charge in [0.2, 0.25) is 0 Å². The van der Waals surface area contributed by atoms with Crippen LogP contribution in [0.2, 0.25) is 0 Å². The highest BCUT2D eigenvalue weighted by atomic mass is 16.2. The van der Waals surface area contributed by atoms with Crippen molar-refractivity contribution in [3.05, 3.63) is 77.9 Å². The number of hydrogen-bond acceptors (Lipinski definition) is 3. The van der Waals surface area contributed by atoms with Crippen molar-refractivity contribution in [3.63, 3.8) is 0 Å². The smallest absolute Gasteiger partial charge is 0.273 e. The highest BCUT2D eigenvalue weighted by Crippen LogP contribution is 2.29. The van der Waals surface area contributed by atoms with Gasteiger partial charge in [0, 0.05) is 37.3 Å². The molecule has 0 unspecified atom stereocenters. The first-order chi connectivity index (χ1) is 15.1. The van der Waals surface area contributed by atoms with E-state index in [0.717, 1.165) is 47.0 Å². The maximum absolute atomic E-state index is 13.1. The van der Waals surface area contributed by atoms with Crippen LogP contribution in [0.4, 0.5) is 5.69 Å². The number of anilines is 1. The molecule has 0 atom stereocenters. The molecule has 1 amide bonds. The second kappa shape index (κ2) is 7.87. The van der Waals surface area contributed by atoms with Gasteiger partial charge in [-0.05, 0) is 31.9 Å². The normalized spacial score (nSPS) is 13.1. The minimum absolute atomic E-state index is 0.190. The standard InChI is InChI=1S/C25H25N5O/c1-17-10-12-18(13-11-17)21-15-23(29(2)28-21)25(31)27-20-8-4-3-7-19(20)22-16-30-14-6-5-9-24(30)26-22/h3-4,7-8,10-13,15-16H,5-6,9,14H2,1-2H3,(H,27,31). The molecule has 6 heteroatoms. The van der Waals surface area contributed by atoms with Crippen molar-refractivity contribution in [1.82, 2.24) is 19.3 Å². The maximum atomic E-state index is 13.1. The summed E-state index contributed by atoms with van der Waals surface area (Å²) in [5.41, 5.74) is 6.05. The first-order valence-electron chi connectivity index (χ1n) is 10.7. The van der Waals surface area contributed by atoms with Gasteiger partial charge in [-0.15, -0.1) is 0 Å². The summed E-state index contributed by atoms with van der Waals surface area (Å²) in [5, 5.41) is 7.61. The number of nitrogens with one attached hydrogen (secondary N) is 1. The van der Waals surface area contributed by atoms with Gasteiger partial charge in [0.25, 0.3) is 5.91 Å². The Bertz CT molecular complexity index is 1230. The Balaban J connectivity index is 1.43. The van der Waals surface area contributed by atoms with Gasteiger partial charge in [0.05, 0.1) is 17.1 Å². The van der Waals surface area contributed by atoms with Crippen LogP contribution in [0.15, 0.2) is 60.8 Å². The summed E-state index contributed by atoms with van der Waals surface area (Å²) >= 11 is 0. The maximum Gasteiger partial charge on any atom is 0.273 e. The fourth-order valence-corrected chi connectivity index (χ4v) is 4.09. The van der Waals surface area contributed by atoms with E-state index in [1.54, 1.807) is 11.7 Å². The lowest BCUT2D eigenvalue weighted by Crippen LogP contribution is -2.16. The second-order valence-corrected chi connectivity index (χ2v) is 8.10. The number of amides is 1. The summed E-state index contributed by atoms with van der Waals surface area (Å²) in [7, 11) is 1.79. The topological polar surface area (TPSA) is 64.7 Å². The zero-order valence-corrected chi connectivity index (χ0v) is 17.8. The summed E-state index contributed by atoms with van der Waals surface area (Å²) in [6.07, 6.45) is 5.47. The fraction of sp³-hybridized carbons (Fsp3) is 0.240. The minimum atomic E-state index is -0.190. The number of aromatic nitrogens is 4. The molecule has 2 aromatic carbocycles. The molecule has 0 aliphatic carbocycles. The molecule has 1 N–H and O–H groups in total. The van der Waals surface area contributed by atoms with Gasteiger partial charge < -0.3 is 9.88 Å². The molecule has 1 aliphatic rings. The second-order valence-electron chi connectivity index (χ2n) is 8.10. The molecule has 3 heterocycles. The van der Waals surface area contributed by atoms with Gasteiger partial charge >= 0.3 is 0 Å². The molecule has 4 aromatic rings. The molecule has 0 radical (unpaired) electrons. The van der Waals surface area contributed by atoms with Crippen LogP contribution >= 0.6 is 0 Å². The van der Waals surface area contributed by atoms with Crippen LogP contribution in [-0.2, 0) is 20.0 Å². The first-order valence-corrected chi connectivity index (χ1v) is 10.7. The molecule has 1 aliphatic heterocycles. The number of carbonyl (C=O) groups excluding carboxylic acids is 1. The van der Waals surface area contributed by atoms with Crippen molar-refractivity contribution < 1.29 is 4.79 Å². The molecule has 2 aromatic heterocycles. The van der Waals surface area contributed by atoms with Crippen LogP contribution in [0.1, 0.15) is 34.7 Å². The highest BCUT2D eigenvalue weighted by Gasteiger charge is 2.18. The number of aryl methyl sites for hydroxylation is 4. The van der Waals surface area contributed by atoms with Crippen molar-refractivity contribution in [2.45, 2.75) is 32.7 Å². The number of nitrogens with zero attached hydrogens (tertiary/aromatic N) is 4. The van der Waals surface area contributed by atoms with Crippen molar-refractivity contribution >= 4 is 11.6 Å². The summed E-state index contributed by atoms with van der Waals surface area (Å²) in [6.45, 7) is 3.06. The molecule has 0 saturated heterocycles. The summed E-state index contributed by atoms with van der Waals surface area (Å²) in [4.78, 5) is 17.9. The predicted molar refractivity (Wildman–Crippen MR) is 122 cm³/mol. The van der Waals surface area contributed by atoms with Crippen molar-refractivity contribution in [2.75, 3.05) is 5.32 Å². The third-order valence-electron chi connectivity index (χ3n) is 5.82. The van der Waals surface area contributed by atoms with E-state index >= 15 is 0 Å². The van der Waals surface area contributed by atoms with E-state index in [0.29, 0.717) is 5.69 Å². The Morgan fingerprint density at radius 2 is 1.84 bits per heavy atom. The van der Waals surface area contributed by atoms with Gasteiger partial charge in [0.1, 0.15) is 11.5 Å². The molecular formula is C25H25N5O. The van der Waals surface area contributed by atoms with Crippen LogP contribution in [-0.4, -0.2) is 25.2 Å². The van der Waals surface area contributed by atoms with Crippen LogP contribution in [0, 0.1) is 6.92 Å². The average molecular weight is 412 g/mol. The summed E-state index contributed by atoms with van der Waals surface area (Å²) < 4.78 is 3.86. The molecule has 0 saturated carbocycles. The largest absolute Gasteiger partial charge is 0.334 e. The lowest BCUT2D eigenvalue weighted by Gasteiger charge is -2.11. The van der Waals surface area contributed by atoms with E-state index in [1.807, 2.05) is 54.6 Å². The highest BCUT2D eigenvalue weighted by molar-refractivity contribution is 6.05. The lowest BCUT2D eigenvalue weighted by molar-refractivity contribution is 0.101. The van der Waals surface area contributed by atoms with Gasteiger partial charge in [-0.25, -0.2) is 4.98 Å². The number of hydrogen-bond donors (Lipinski definition) is 1. The number of benzene rings is 2. The Labute approximate surface area is 181 Å². The Morgan fingerprint density at radius 1 is 1.03 bits per heavy atom. The Morgan fingerprint density at radius 3 is 2.65 bits per heavy atom. The minimum Gasteiger partial charge on any atom is -0.334 e. The van der Waals surface area contributed by atoms with Gasteiger partial charge in [-0.1, -0.05) is 48.0 Å². The number of carbonyl (C=O) groups is 1. The van der Waals surface area contributed by atoms with E-state index < -0.39 is 0 Å². The number of rotatable bonds is 4. The molecule has 0 bridgehead atoms. The third-order valence-corrected chi connectivity index (χ3v) is 5.82. The average Bonchev–Trinajstić information content (AvgIpc) is 3.38. The number of imidazole rings is 1. The summed E-state index contributed by atoms with van der Waals surface area (Å²) in [5.74, 6) is 0.932. The van der Waals surface area contributed by atoms with Crippen LogP contribution in [0.25, 0.3) is 22.5 Å². The molecular weight excluding hydrogens is 386 g/mol. The van der Waals surface area contributed by atoms with E-state index in [-0.39, 0.29) is 5.91 Å². The number of para-hydroxylation sites is 1. The Hall–Kier alpha value is -3.67. The van der Waals surface area contributed by atoms with E-state index in [4.69, 9.17) is 4.98 Å². The lowest BCUT2D eigenvalue weighted by atomic mass is 10.1. The summed E-state index contributed by atoms with van der Waals surface area (Å²) in [6, 6.07) is 17.8. The third kappa shape index (κ3) is 3.77. The molecule has 6 nitrogen and oxygen atoms in total. The SMILES string of the molecule is Cc1ccc(-c2cc(C(=O)Nc3ccccc3-c3cn4c(n3)CCCC4)n(C)n2)cc1. The van der Waals surface area contributed by atoms with Crippen molar-refractivity contribution in [1.29, 1.82) is 0 Å². The quantitative estimate of drug-likeness (QED) is 0.522. The van der Waals surface area contributed by atoms with Gasteiger partial charge in [-0.3, -0.25) is 9.48 Å². The Kier molecular flexibility index (Phi) is 4.90. The van der Waals surface area contributed by atoms with Crippen LogP contribution in [0.5, 0.6) is 0 Å². The van der Waals surface area contributed by atoms with Crippen molar-refractivity contribution in [2.24, 2.45) is 7.05 Å². The number of fused-ring (bicyclic) bond motifs is 1. The predicted octanol–water partition coefficient (Wildman–Crippen LogP) is 4.85. The van der Waals surface area contributed by atoms with E-state index in [1.165, 1.54) is 18.4 Å². The molecule has 31 heavy (non-hydrogen) atoms. The molecule has 5 rings (SSSR count). The van der Waals surface area contributed by atoms with Crippen molar-refractivity contribution in [3.8, 4) is 22.5 Å². The molecule has 156 valence electrons. The first kappa shape index (κ1) is 19.3. The van der Waals surface area contributed by atoms with E-state index in [2.05, 4.69) is 28.1 Å². The zero-order chi connectivity index (χ0) is 21.4.